The monoisotopic (exact) mass is 336 g/mol. The lowest BCUT2D eigenvalue weighted by Crippen LogP contribution is -2.13. The molecule has 0 aromatic carbocycles. The molecule has 1 atom stereocenters. The van der Waals surface area contributed by atoms with Crippen LogP contribution in [0, 0.1) is 0 Å². The van der Waals surface area contributed by atoms with Gasteiger partial charge in [-0.3, -0.25) is 4.57 Å². The van der Waals surface area contributed by atoms with E-state index in [2.05, 4.69) is 5.73 Å². The van der Waals surface area contributed by atoms with Crippen LogP contribution in [0.15, 0.2) is 16.6 Å². The largest absolute Gasteiger partial charge is 0.379 e. The molecule has 0 N–H and O–H groups in total. The molecule has 0 saturated carbocycles. The van der Waals surface area contributed by atoms with Crippen LogP contribution >= 0.6 is 7.60 Å². The van der Waals surface area contributed by atoms with Gasteiger partial charge in [0.15, 0.2) is 6.29 Å². The molecule has 22 heavy (non-hydrogen) atoms. The van der Waals surface area contributed by atoms with E-state index in [0.717, 1.165) is 5.57 Å². The van der Waals surface area contributed by atoms with Gasteiger partial charge in [0.1, 0.15) is 5.31 Å². The number of rotatable bonds is 12. The molecule has 0 heterocycles. The zero-order valence-electron chi connectivity index (χ0n) is 14.5. The molecule has 6 nitrogen and oxygen atoms in total. The summed E-state index contributed by atoms with van der Waals surface area (Å²) in [4.78, 5) is 0. The van der Waals surface area contributed by atoms with Crippen molar-refractivity contribution in [3.63, 3.8) is 0 Å². The van der Waals surface area contributed by atoms with Crippen molar-refractivity contribution < 1.29 is 27.8 Å². The molecule has 0 aliphatic carbocycles. The van der Waals surface area contributed by atoms with Gasteiger partial charge in [0.25, 0.3) is 0 Å². The Morgan fingerprint density at radius 2 is 1.64 bits per heavy atom. The first-order chi connectivity index (χ1) is 10.4. The maximum Gasteiger partial charge on any atom is 0.367 e. The van der Waals surface area contributed by atoms with Crippen molar-refractivity contribution in [2.24, 2.45) is 0 Å². The third-order valence-electron chi connectivity index (χ3n) is 2.50. The van der Waals surface area contributed by atoms with Gasteiger partial charge in [-0.2, -0.15) is 0 Å². The third kappa shape index (κ3) is 8.25. The van der Waals surface area contributed by atoms with E-state index >= 15 is 0 Å². The number of ether oxygens (including phenoxy) is 3. The first-order valence-corrected chi connectivity index (χ1v) is 9.04. The quantitative estimate of drug-likeness (QED) is 0.307. The second kappa shape index (κ2) is 12.0. The molecule has 0 radical (unpaired) electrons. The molecule has 0 bridgehead atoms. The molecule has 0 spiro atoms. The molecule has 7 heteroatoms. The number of hydrogen-bond donors (Lipinski definition) is 0. The smallest absolute Gasteiger partial charge is 0.367 e. The van der Waals surface area contributed by atoms with Crippen LogP contribution in [-0.4, -0.2) is 46.4 Å². The Balaban J connectivity index is 5.23. The van der Waals surface area contributed by atoms with E-state index in [1.165, 1.54) is 7.11 Å². The van der Waals surface area contributed by atoms with Crippen LogP contribution in [0.1, 0.15) is 34.6 Å². The predicted molar refractivity (Wildman–Crippen MR) is 86.0 cm³/mol. The SMILES string of the molecule is CCOC(C)OCC(C)=C=C(COC)P(=O)(OCC)OCC. The summed E-state index contributed by atoms with van der Waals surface area (Å²) in [7, 11) is -1.87. The van der Waals surface area contributed by atoms with Gasteiger partial charge in [-0.15, -0.1) is 5.73 Å². The molecule has 0 aliphatic rings. The van der Waals surface area contributed by atoms with Crippen molar-refractivity contribution >= 4 is 7.60 Å². The van der Waals surface area contributed by atoms with Crippen LogP contribution in [0.25, 0.3) is 0 Å². The third-order valence-corrected chi connectivity index (χ3v) is 4.60. The topological polar surface area (TPSA) is 63.2 Å². The van der Waals surface area contributed by atoms with Crippen molar-refractivity contribution in [2.75, 3.05) is 40.1 Å². The molecule has 0 aromatic heterocycles. The second-order valence-electron chi connectivity index (χ2n) is 4.45. The fourth-order valence-corrected chi connectivity index (χ4v) is 3.34. The molecular weight excluding hydrogens is 307 g/mol. The van der Waals surface area contributed by atoms with Crippen molar-refractivity contribution in [3.8, 4) is 0 Å². The van der Waals surface area contributed by atoms with Crippen LogP contribution in [0.2, 0.25) is 0 Å². The van der Waals surface area contributed by atoms with Crippen LogP contribution in [0.4, 0.5) is 0 Å². The first kappa shape index (κ1) is 21.6. The fraction of sp³-hybridized carbons (Fsp3) is 0.800. The predicted octanol–water partition coefficient (Wildman–Crippen LogP) is 3.73. The molecule has 0 rings (SSSR count). The first-order valence-electron chi connectivity index (χ1n) is 7.50. The van der Waals surface area contributed by atoms with E-state index in [9.17, 15) is 4.57 Å². The van der Waals surface area contributed by atoms with Crippen LogP contribution in [-0.2, 0) is 27.8 Å². The summed E-state index contributed by atoms with van der Waals surface area (Å²) in [5.74, 6) is 0. The Hall–Kier alpha value is -0.450. The van der Waals surface area contributed by atoms with Crippen molar-refractivity contribution in [3.05, 3.63) is 16.6 Å². The van der Waals surface area contributed by atoms with Gasteiger partial charge in [0, 0.05) is 13.7 Å². The minimum absolute atomic E-state index is 0.121. The molecule has 0 aromatic rings. The molecule has 0 aliphatic heterocycles. The minimum Gasteiger partial charge on any atom is -0.379 e. The van der Waals surface area contributed by atoms with Gasteiger partial charge in [-0.1, -0.05) is 0 Å². The minimum atomic E-state index is -3.39. The summed E-state index contributed by atoms with van der Waals surface area (Å²) in [5.41, 5.74) is 3.80. The van der Waals surface area contributed by atoms with Gasteiger partial charge >= 0.3 is 7.60 Å². The Morgan fingerprint density at radius 1 is 1.05 bits per heavy atom. The lowest BCUT2D eigenvalue weighted by Gasteiger charge is -2.18. The highest BCUT2D eigenvalue weighted by Gasteiger charge is 2.29. The van der Waals surface area contributed by atoms with Crippen molar-refractivity contribution in [2.45, 2.75) is 40.9 Å². The number of methoxy groups -OCH3 is 1. The Kier molecular flexibility index (Phi) is 11.8. The Bertz CT molecular complexity index is 404. The maximum absolute atomic E-state index is 12.8. The summed E-state index contributed by atoms with van der Waals surface area (Å²) in [6.45, 7) is 10.7. The van der Waals surface area contributed by atoms with E-state index in [1.54, 1.807) is 13.8 Å². The van der Waals surface area contributed by atoms with E-state index < -0.39 is 7.60 Å². The van der Waals surface area contributed by atoms with Crippen molar-refractivity contribution in [1.82, 2.24) is 0 Å². The number of hydrogen-bond acceptors (Lipinski definition) is 6. The van der Waals surface area contributed by atoms with Crippen molar-refractivity contribution in [1.29, 1.82) is 0 Å². The molecule has 0 amide bonds. The standard InChI is InChI=1S/C15H29O6P/c1-7-18-14(5)19-11-13(4)10-15(12-17-6)22(16,20-8-2)21-9-3/h14H,7-9,11-12H2,1-6H3. The highest BCUT2D eigenvalue weighted by Crippen LogP contribution is 2.55. The van der Waals surface area contributed by atoms with Gasteiger partial charge in [0.05, 0.1) is 26.4 Å². The van der Waals surface area contributed by atoms with Gasteiger partial charge < -0.3 is 23.3 Å². The fourth-order valence-electron chi connectivity index (χ4n) is 1.66. The zero-order valence-corrected chi connectivity index (χ0v) is 15.4. The van der Waals surface area contributed by atoms with E-state index in [-0.39, 0.29) is 26.1 Å². The van der Waals surface area contributed by atoms with Crippen LogP contribution in [0.3, 0.4) is 0 Å². The van der Waals surface area contributed by atoms with Crippen LogP contribution < -0.4 is 0 Å². The summed E-state index contributed by atoms with van der Waals surface area (Å²) < 4.78 is 39.3. The highest BCUT2D eigenvalue weighted by molar-refractivity contribution is 7.58. The van der Waals surface area contributed by atoms with E-state index in [1.807, 2.05) is 20.8 Å². The van der Waals surface area contributed by atoms with E-state index in [0.29, 0.717) is 18.5 Å². The zero-order chi connectivity index (χ0) is 17.0. The molecular formula is C15H29O6P. The average Bonchev–Trinajstić information content (AvgIpc) is 2.45. The van der Waals surface area contributed by atoms with Gasteiger partial charge in [-0.25, -0.2) is 0 Å². The second-order valence-corrected chi connectivity index (χ2v) is 6.50. The van der Waals surface area contributed by atoms with Crippen LogP contribution in [0.5, 0.6) is 0 Å². The van der Waals surface area contributed by atoms with Gasteiger partial charge in [0.2, 0.25) is 0 Å². The Labute approximate surface area is 133 Å². The highest BCUT2D eigenvalue weighted by atomic mass is 31.2. The lowest BCUT2D eigenvalue weighted by atomic mass is 10.3. The average molecular weight is 336 g/mol. The normalized spacial score (nSPS) is 12.8. The Morgan fingerprint density at radius 3 is 2.09 bits per heavy atom. The van der Waals surface area contributed by atoms with E-state index in [4.69, 9.17) is 23.3 Å². The summed E-state index contributed by atoms with van der Waals surface area (Å²) in [6.07, 6.45) is -0.307. The lowest BCUT2D eigenvalue weighted by molar-refractivity contribution is -0.120. The molecule has 0 saturated heterocycles. The summed E-state index contributed by atoms with van der Waals surface area (Å²) in [6, 6.07) is 0. The summed E-state index contributed by atoms with van der Waals surface area (Å²) in [5, 5.41) is 0.365. The molecule has 1 unspecified atom stereocenters. The maximum atomic E-state index is 12.8. The summed E-state index contributed by atoms with van der Waals surface area (Å²) >= 11 is 0. The molecule has 0 fully saturated rings. The van der Waals surface area contributed by atoms with Gasteiger partial charge in [-0.05, 0) is 40.2 Å². The molecule has 130 valence electrons.